The van der Waals surface area contributed by atoms with E-state index in [1.165, 1.54) is 33.5 Å². The summed E-state index contributed by atoms with van der Waals surface area (Å²) in [6, 6.07) is 25.4. The first kappa shape index (κ1) is 17.0. The van der Waals surface area contributed by atoms with Gasteiger partial charge in [-0.25, -0.2) is 0 Å². The van der Waals surface area contributed by atoms with E-state index in [0.717, 1.165) is 31.5 Å². The van der Waals surface area contributed by atoms with Crippen LogP contribution in [0.2, 0.25) is 0 Å². The van der Waals surface area contributed by atoms with Gasteiger partial charge in [-0.1, -0.05) is 78.9 Å². The van der Waals surface area contributed by atoms with Gasteiger partial charge in [0.15, 0.2) is 5.78 Å². The van der Waals surface area contributed by atoms with Crippen LogP contribution in [0.1, 0.15) is 44.6 Å². The van der Waals surface area contributed by atoms with Crippen molar-refractivity contribution in [3.63, 3.8) is 0 Å². The fraction of sp³-hybridized carbons (Fsp3) is 0.192. The average Bonchev–Trinajstić information content (AvgIpc) is 3.45. The van der Waals surface area contributed by atoms with Gasteiger partial charge in [-0.3, -0.25) is 4.79 Å². The molecule has 0 atom stereocenters. The summed E-state index contributed by atoms with van der Waals surface area (Å²) in [4.78, 5) is 13.6. The SMILES string of the molecule is C1=C(N2Cc3ccccc3C2)c2ccccc2C1.O=C1CCc2ccccc21. The third-order valence-electron chi connectivity index (χ3n) is 5.93. The van der Waals surface area contributed by atoms with Crippen LogP contribution in [0.5, 0.6) is 0 Å². The highest BCUT2D eigenvalue weighted by atomic mass is 16.1. The molecule has 28 heavy (non-hydrogen) atoms. The largest absolute Gasteiger partial charge is 0.363 e. The Hall–Kier alpha value is -3.13. The van der Waals surface area contributed by atoms with Gasteiger partial charge in [0.2, 0.25) is 0 Å². The average molecular weight is 365 g/mol. The van der Waals surface area contributed by atoms with Crippen molar-refractivity contribution < 1.29 is 4.79 Å². The van der Waals surface area contributed by atoms with Crippen LogP contribution in [0.4, 0.5) is 0 Å². The van der Waals surface area contributed by atoms with Crippen molar-refractivity contribution in [1.82, 2.24) is 4.90 Å². The van der Waals surface area contributed by atoms with E-state index in [2.05, 4.69) is 59.5 Å². The molecule has 2 aliphatic carbocycles. The topological polar surface area (TPSA) is 20.3 Å². The highest BCUT2D eigenvalue weighted by Gasteiger charge is 2.24. The van der Waals surface area contributed by atoms with Gasteiger partial charge in [0, 0.05) is 36.3 Å². The van der Waals surface area contributed by atoms with Gasteiger partial charge in [0.1, 0.15) is 0 Å². The van der Waals surface area contributed by atoms with Gasteiger partial charge in [-0.15, -0.1) is 0 Å². The molecule has 0 bridgehead atoms. The van der Waals surface area contributed by atoms with E-state index in [1.54, 1.807) is 0 Å². The van der Waals surface area contributed by atoms with E-state index in [-0.39, 0.29) is 0 Å². The molecule has 0 amide bonds. The van der Waals surface area contributed by atoms with Gasteiger partial charge in [0.25, 0.3) is 0 Å². The monoisotopic (exact) mass is 365 g/mol. The van der Waals surface area contributed by atoms with Crippen molar-refractivity contribution in [3.05, 3.63) is 112 Å². The predicted octanol–water partition coefficient (Wildman–Crippen LogP) is 5.41. The zero-order valence-electron chi connectivity index (χ0n) is 15.9. The molecule has 0 aromatic heterocycles. The first-order valence-corrected chi connectivity index (χ1v) is 10.0. The Balaban J connectivity index is 0.000000145. The van der Waals surface area contributed by atoms with Crippen LogP contribution in [0.15, 0.2) is 78.9 Å². The summed E-state index contributed by atoms with van der Waals surface area (Å²) >= 11 is 0. The molecular formula is C26H23NO. The molecule has 2 heteroatoms. The quantitative estimate of drug-likeness (QED) is 0.574. The maximum absolute atomic E-state index is 11.1. The number of rotatable bonds is 1. The predicted molar refractivity (Wildman–Crippen MR) is 113 cm³/mol. The van der Waals surface area contributed by atoms with Crippen LogP contribution in [-0.4, -0.2) is 10.7 Å². The highest BCUT2D eigenvalue weighted by Crippen LogP contribution is 2.35. The van der Waals surface area contributed by atoms with E-state index in [9.17, 15) is 4.79 Å². The van der Waals surface area contributed by atoms with E-state index in [0.29, 0.717) is 12.2 Å². The Bertz CT molecular complexity index is 1050. The van der Waals surface area contributed by atoms with Crippen molar-refractivity contribution in [2.75, 3.05) is 0 Å². The number of carbonyl (C=O) groups is 1. The number of benzene rings is 3. The number of hydrogen-bond donors (Lipinski definition) is 0. The van der Waals surface area contributed by atoms with E-state index in [4.69, 9.17) is 0 Å². The number of fused-ring (bicyclic) bond motifs is 3. The molecule has 0 N–H and O–H groups in total. The lowest BCUT2D eigenvalue weighted by atomic mass is 10.1. The number of carbonyl (C=O) groups excluding carboxylic acids is 1. The first-order chi connectivity index (χ1) is 13.8. The van der Waals surface area contributed by atoms with Gasteiger partial charge in [-0.2, -0.15) is 0 Å². The summed E-state index contributed by atoms with van der Waals surface area (Å²) in [7, 11) is 0. The van der Waals surface area contributed by atoms with Gasteiger partial charge < -0.3 is 4.90 Å². The van der Waals surface area contributed by atoms with E-state index < -0.39 is 0 Å². The molecule has 0 saturated heterocycles. The van der Waals surface area contributed by atoms with Crippen LogP contribution in [-0.2, 0) is 25.9 Å². The second-order valence-corrected chi connectivity index (χ2v) is 7.66. The summed E-state index contributed by atoms with van der Waals surface area (Å²) in [6.45, 7) is 2.10. The number of hydrogen-bond acceptors (Lipinski definition) is 2. The van der Waals surface area contributed by atoms with Crippen molar-refractivity contribution in [2.45, 2.75) is 32.4 Å². The lowest BCUT2D eigenvalue weighted by molar-refractivity contribution is 0.0994. The zero-order valence-corrected chi connectivity index (χ0v) is 15.9. The van der Waals surface area contributed by atoms with E-state index >= 15 is 0 Å². The zero-order chi connectivity index (χ0) is 18.9. The fourth-order valence-corrected chi connectivity index (χ4v) is 4.46. The molecular weight excluding hydrogens is 342 g/mol. The Morgan fingerprint density at radius 2 is 1.18 bits per heavy atom. The molecule has 1 heterocycles. The second-order valence-electron chi connectivity index (χ2n) is 7.66. The smallest absolute Gasteiger partial charge is 0.163 e. The summed E-state index contributed by atoms with van der Waals surface area (Å²) < 4.78 is 0. The molecule has 6 rings (SSSR count). The summed E-state index contributed by atoms with van der Waals surface area (Å²) in [5.41, 5.74) is 9.40. The molecule has 3 aromatic carbocycles. The Kier molecular flexibility index (Phi) is 4.32. The molecule has 0 spiro atoms. The summed E-state index contributed by atoms with van der Waals surface area (Å²) in [6.07, 6.45) is 5.10. The van der Waals surface area contributed by atoms with Crippen LogP contribution in [0, 0.1) is 0 Å². The van der Waals surface area contributed by atoms with Crippen LogP contribution >= 0.6 is 0 Å². The van der Waals surface area contributed by atoms with Gasteiger partial charge >= 0.3 is 0 Å². The van der Waals surface area contributed by atoms with Crippen molar-refractivity contribution in [2.24, 2.45) is 0 Å². The van der Waals surface area contributed by atoms with Gasteiger partial charge in [-0.05, 0) is 35.1 Å². The van der Waals surface area contributed by atoms with Crippen molar-refractivity contribution >= 4 is 11.5 Å². The molecule has 1 aliphatic heterocycles. The number of ketones is 1. The van der Waals surface area contributed by atoms with Crippen molar-refractivity contribution in [3.8, 4) is 0 Å². The highest BCUT2D eigenvalue weighted by molar-refractivity contribution is 6.00. The molecule has 0 radical (unpaired) electrons. The number of aryl methyl sites for hydroxylation is 1. The number of allylic oxidation sites excluding steroid dienone is 1. The third kappa shape index (κ3) is 3.05. The number of Topliss-reactive ketones (excluding diaryl/α,β-unsaturated/α-hetero) is 1. The summed E-state index contributed by atoms with van der Waals surface area (Å²) in [5, 5.41) is 0. The van der Waals surface area contributed by atoms with E-state index in [1.807, 2.05) is 24.3 Å². The Labute approximate surface area is 166 Å². The van der Waals surface area contributed by atoms with Crippen LogP contribution in [0.3, 0.4) is 0 Å². The Morgan fingerprint density at radius 1 is 0.607 bits per heavy atom. The molecule has 2 nitrogen and oxygen atoms in total. The lowest BCUT2D eigenvalue weighted by Crippen LogP contribution is -2.13. The lowest BCUT2D eigenvalue weighted by Gasteiger charge is -2.20. The number of nitrogens with zero attached hydrogens (tertiary/aromatic N) is 1. The second kappa shape index (κ2) is 7.12. The van der Waals surface area contributed by atoms with Crippen molar-refractivity contribution in [1.29, 1.82) is 0 Å². The normalized spacial score (nSPS) is 16.1. The van der Waals surface area contributed by atoms with Crippen LogP contribution < -0.4 is 0 Å². The minimum atomic E-state index is 0.301. The molecule has 3 aliphatic rings. The van der Waals surface area contributed by atoms with Crippen LogP contribution in [0.25, 0.3) is 5.70 Å². The minimum Gasteiger partial charge on any atom is -0.363 e. The minimum absolute atomic E-state index is 0.301. The molecule has 0 fully saturated rings. The maximum atomic E-state index is 11.1. The van der Waals surface area contributed by atoms with Gasteiger partial charge in [0.05, 0.1) is 0 Å². The maximum Gasteiger partial charge on any atom is 0.163 e. The summed E-state index contributed by atoms with van der Waals surface area (Å²) in [5.74, 6) is 0.301. The molecule has 138 valence electrons. The molecule has 0 unspecified atom stereocenters. The molecule has 0 saturated carbocycles. The third-order valence-corrected chi connectivity index (χ3v) is 5.93. The first-order valence-electron chi connectivity index (χ1n) is 10.0. The molecule has 3 aromatic rings. The standard InChI is InChI=1S/C17H15N.C9H8O/c1-2-7-15-12-18(11-14(15)6-1)17-10-9-13-5-3-4-8-16(13)17;10-9-6-5-7-3-1-2-4-8(7)9/h1-8,10H,9,11-12H2;1-4H,5-6H2. The Morgan fingerprint density at radius 3 is 1.86 bits per heavy atom. The fourth-order valence-electron chi connectivity index (χ4n) is 4.46.